The van der Waals surface area contributed by atoms with Crippen LogP contribution in [0.1, 0.15) is 84.2 Å². The van der Waals surface area contributed by atoms with Gasteiger partial charge in [-0.15, -0.1) is 4.68 Å². The van der Waals surface area contributed by atoms with Gasteiger partial charge >= 0.3 is 0 Å². The van der Waals surface area contributed by atoms with E-state index in [2.05, 4.69) is 121 Å². The molecule has 4 aromatic rings. The molecule has 3 heteroatoms. The highest BCUT2D eigenvalue weighted by molar-refractivity contribution is 6.94. The summed E-state index contributed by atoms with van der Waals surface area (Å²) in [5, 5.41) is 6.19. The van der Waals surface area contributed by atoms with Gasteiger partial charge in [-0.05, 0) is 49.8 Å². The van der Waals surface area contributed by atoms with Crippen molar-refractivity contribution < 1.29 is 4.52 Å². The van der Waals surface area contributed by atoms with Crippen LogP contribution < -0.4 is 9.70 Å². The van der Waals surface area contributed by atoms with Gasteiger partial charge in [0.05, 0.1) is 36.1 Å². The minimum atomic E-state index is -1.92. The first-order valence-corrected chi connectivity index (χ1v) is 16.4. The zero-order valence-corrected chi connectivity index (χ0v) is 24.2. The minimum absolute atomic E-state index is 0.171. The fraction of sp³-hybridized carbons (Fsp3) is 0.516. The number of para-hydroxylation sites is 1. The quantitative estimate of drug-likeness (QED) is 0.165. The van der Waals surface area contributed by atoms with Crippen molar-refractivity contribution in [2.24, 2.45) is 11.8 Å². The molecular weight excluding hydrogens is 428 g/mol. The lowest BCUT2D eigenvalue weighted by Gasteiger charge is -2.53. The molecule has 0 N–H and O–H groups in total. The Bertz CT molecular complexity index is 1440. The average Bonchev–Trinajstić information content (AvgIpc) is 3.06. The van der Waals surface area contributed by atoms with E-state index < -0.39 is 8.07 Å². The second-order valence-electron chi connectivity index (χ2n) is 12.5. The molecule has 0 amide bonds. The van der Waals surface area contributed by atoms with Gasteiger partial charge in [-0.25, -0.2) is 0 Å². The third-order valence-electron chi connectivity index (χ3n) is 9.29. The molecular formula is C31H43N2Si+. The molecule has 0 atom stereocenters. The van der Waals surface area contributed by atoms with Crippen LogP contribution in [0.25, 0.3) is 27.2 Å². The molecule has 0 fully saturated rings. The highest BCUT2D eigenvalue weighted by Crippen LogP contribution is 2.53. The van der Waals surface area contributed by atoms with Crippen molar-refractivity contribution >= 4 is 40.5 Å². The predicted octanol–water partition coefficient (Wildman–Crippen LogP) is 7.56. The summed E-state index contributed by atoms with van der Waals surface area (Å²) in [5.74, 6) is 1.60. The number of pyridine rings is 1. The topological polar surface area (TPSA) is 9.03 Å². The standard InChI is InChI=1S/C31H43N2Si/c1-18(2)23-14-12-16-25-24-15-13-17-26-27(24)30-28(22(9)32(21(7)8)33(30)29(23)25)31(19(3)4,20(5)6)34(26,10)11/h12-21H,1-11H3/q+1. The van der Waals surface area contributed by atoms with E-state index in [1.54, 1.807) is 10.8 Å². The molecule has 0 aliphatic carbocycles. The summed E-state index contributed by atoms with van der Waals surface area (Å²) in [7, 11) is -1.92. The van der Waals surface area contributed by atoms with Gasteiger partial charge in [0.2, 0.25) is 11.0 Å². The number of aromatic nitrogens is 2. The van der Waals surface area contributed by atoms with Gasteiger partial charge in [-0.2, -0.15) is 0 Å². The number of benzene rings is 2. The molecule has 0 bridgehead atoms. The molecule has 1 aliphatic heterocycles. The van der Waals surface area contributed by atoms with Crippen molar-refractivity contribution in [3.63, 3.8) is 0 Å². The average molecular weight is 472 g/mol. The monoisotopic (exact) mass is 471 g/mol. The van der Waals surface area contributed by atoms with E-state index in [0.29, 0.717) is 23.8 Å². The Labute approximate surface area is 207 Å². The lowest BCUT2D eigenvalue weighted by atomic mass is 9.77. The zero-order chi connectivity index (χ0) is 24.9. The summed E-state index contributed by atoms with van der Waals surface area (Å²) < 4.78 is 5.29. The maximum atomic E-state index is 2.66. The Morgan fingerprint density at radius 2 is 1.38 bits per heavy atom. The third-order valence-corrected chi connectivity index (χ3v) is 14.5. The Morgan fingerprint density at radius 1 is 0.794 bits per heavy atom. The van der Waals surface area contributed by atoms with Crippen LogP contribution in [-0.4, -0.2) is 12.8 Å². The van der Waals surface area contributed by atoms with Crippen LogP contribution in [0.4, 0.5) is 0 Å². The maximum Gasteiger partial charge on any atom is 0.249 e. The number of hydrogen-bond acceptors (Lipinski definition) is 0. The zero-order valence-electron chi connectivity index (χ0n) is 23.2. The maximum absolute atomic E-state index is 2.66. The van der Waals surface area contributed by atoms with Gasteiger partial charge in [0.15, 0.2) is 0 Å². The first-order chi connectivity index (χ1) is 15.9. The molecule has 0 saturated heterocycles. The van der Waals surface area contributed by atoms with E-state index >= 15 is 0 Å². The van der Waals surface area contributed by atoms with Crippen LogP contribution in [0, 0.1) is 18.8 Å². The van der Waals surface area contributed by atoms with Crippen LogP contribution >= 0.6 is 0 Å². The van der Waals surface area contributed by atoms with Crippen LogP contribution in [-0.2, 0) is 5.04 Å². The third kappa shape index (κ3) is 2.55. The van der Waals surface area contributed by atoms with Crippen molar-refractivity contribution in [3.05, 3.63) is 53.2 Å². The number of fused-ring (bicyclic) bond motifs is 3. The first kappa shape index (κ1) is 23.6. The molecule has 3 heterocycles. The van der Waals surface area contributed by atoms with E-state index in [4.69, 9.17) is 0 Å². The Hall–Kier alpha value is -2.13. The summed E-state index contributed by atoms with van der Waals surface area (Å²) in [5.41, 5.74) is 7.46. The molecule has 1 aliphatic rings. The summed E-state index contributed by atoms with van der Waals surface area (Å²) in [6.45, 7) is 27.1. The normalized spacial score (nSPS) is 17.0. The molecule has 2 aromatic heterocycles. The molecule has 2 aromatic carbocycles. The van der Waals surface area contributed by atoms with E-state index in [0.717, 1.165) is 0 Å². The fourth-order valence-corrected chi connectivity index (χ4v) is 14.1. The lowest BCUT2D eigenvalue weighted by Crippen LogP contribution is -2.67. The van der Waals surface area contributed by atoms with Gasteiger partial charge in [-0.3, -0.25) is 0 Å². The van der Waals surface area contributed by atoms with Crippen LogP contribution in [0.15, 0.2) is 36.4 Å². The molecule has 5 rings (SSSR count). The molecule has 0 spiro atoms. The second kappa shape index (κ2) is 7.43. The Kier molecular flexibility index (Phi) is 5.16. The lowest BCUT2D eigenvalue weighted by molar-refractivity contribution is -0.586. The van der Waals surface area contributed by atoms with Gasteiger partial charge < -0.3 is 0 Å². The number of rotatable bonds is 4. The van der Waals surface area contributed by atoms with Crippen LogP contribution in [0.3, 0.4) is 0 Å². The van der Waals surface area contributed by atoms with Crippen LogP contribution in [0.2, 0.25) is 13.1 Å². The van der Waals surface area contributed by atoms with E-state index in [-0.39, 0.29) is 5.04 Å². The van der Waals surface area contributed by atoms with Crippen molar-refractivity contribution in [2.75, 3.05) is 0 Å². The van der Waals surface area contributed by atoms with Crippen molar-refractivity contribution in [3.8, 4) is 0 Å². The summed E-state index contributed by atoms with van der Waals surface area (Å²) in [6.07, 6.45) is 0. The fourth-order valence-electron chi connectivity index (χ4n) is 8.47. The predicted molar refractivity (Wildman–Crippen MR) is 150 cm³/mol. The van der Waals surface area contributed by atoms with Gasteiger partial charge in [0.25, 0.3) is 0 Å². The molecule has 180 valence electrons. The second-order valence-corrected chi connectivity index (χ2v) is 17.1. The van der Waals surface area contributed by atoms with Crippen LogP contribution in [0.5, 0.6) is 0 Å². The van der Waals surface area contributed by atoms with Crippen molar-refractivity contribution in [1.29, 1.82) is 0 Å². The summed E-state index contributed by atoms with van der Waals surface area (Å²) in [4.78, 5) is 0. The molecule has 0 unspecified atom stereocenters. The Balaban J connectivity index is 2.25. The highest BCUT2D eigenvalue weighted by atomic mass is 28.3. The SMILES string of the molecule is Cc1c2c3c4c(cccc4c4cccc(C(C)C)c4[n+]3n1C(C)C)[Si](C)(C)C2(C(C)C)C(C)C. The van der Waals surface area contributed by atoms with Gasteiger partial charge in [-0.1, -0.05) is 89.5 Å². The van der Waals surface area contributed by atoms with Crippen molar-refractivity contribution in [2.45, 2.75) is 92.4 Å². The Morgan fingerprint density at radius 3 is 1.94 bits per heavy atom. The summed E-state index contributed by atoms with van der Waals surface area (Å²) in [6, 6.07) is 14.6. The van der Waals surface area contributed by atoms with E-state index in [9.17, 15) is 0 Å². The van der Waals surface area contributed by atoms with Gasteiger partial charge in [0.1, 0.15) is 0 Å². The molecule has 0 saturated carbocycles. The minimum Gasteiger partial charge on any atom is -0.149 e. The molecule has 0 radical (unpaired) electrons. The molecule has 34 heavy (non-hydrogen) atoms. The number of hydrogen-bond donors (Lipinski definition) is 0. The summed E-state index contributed by atoms with van der Waals surface area (Å²) >= 11 is 0. The smallest absolute Gasteiger partial charge is 0.149 e. The van der Waals surface area contributed by atoms with E-state index in [1.165, 1.54) is 38.4 Å². The number of nitrogens with zero attached hydrogens (tertiary/aromatic N) is 2. The van der Waals surface area contributed by atoms with E-state index in [1.807, 2.05) is 0 Å². The molecule has 2 nitrogen and oxygen atoms in total. The van der Waals surface area contributed by atoms with Gasteiger partial charge in [0, 0.05) is 16.0 Å². The van der Waals surface area contributed by atoms with Crippen molar-refractivity contribution in [1.82, 2.24) is 4.68 Å². The largest absolute Gasteiger partial charge is 0.249 e. The highest BCUT2D eigenvalue weighted by Gasteiger charge is 2.60. The first-order valence-electron chi connectivity index (χ1n) is 13.4.